The lowest BCUT2D eigenvalue weighted by Gasteiger charge is -2.24. The number of carbonyl (C=O) groups is 1. The summed E-state index contributed by atoms with van der Waals surface area (Å²) < 4.78 is 39.5. The predicted molar refractivity (Wildman–Crippen MR) is 151 cm³/mol. The van der Waals surface area contributed by atoms with Crippen LogP contribution >= 0.6 is 23.4 Å². The molecule has 4 rings (SSSR count). The number of fused-ring (bicyclic) bond motifs is 1. The van der Waals surface area contributed by atoms with Crippen LogP contribution in [0.2, 0.25) is 5.02 Å². The molecule has 39 heavy (non-hydrogen) atoms. The molecule has 0 amide bonds. The van der Waals surface area contributed by atoms with Gasteiger partial charge in [0.1, 0.15) is 22.9 Å². The summed E-state index contributed by atoms with van der Waals surface area (Å²) in [5, 5.41) is 11.7. The Balaban J connectivity index is 0.000000532. The van der Waals surface area contributed by atoms with Crippen LogP contribution in [0.15, 0.2) is 41.4 Å². The number of nitrogens with zero attached hydrogens (tertiary/aromatic N) is 2. The van der Waals surface area contributed by atoms with Crippen LogP contribution in [0.3, 0.4) is 0 Å². The molecule has 0 atom stereocenters. The third kappa shape index (κ3) is 8.96. The third-order valence-corrected chi connectivity index (χ3v) is 7.81. The summed E-state index contributed by atoms with van der Waals surface area (Å²) in [7, 11) is 1.75. The van der Waals surface area contributed by atoms with Crippen molar-refractivity contribution in [3.05, 3.63) is 41.6 Å². The van der Waals surface area contributed by atoms with Gasteiger partial charge >= 0.3 is 12.1 Å². The van der Waals surface area contributed by atoms with E-state index < -0.39 is 12.1 Å². The summed E-state index contributed by atoms with van der Waals surface area (Å²) in [6.45, 7) is 2.25. The number of aliphatic carboxylic acids is 1. The van der Waals surface area contributed by atoms with Crippen LogP contribution in [-0.4, -0.2) is 45.5 Å². The number of benzene rings is 1. The van der Waals surface area contributed by atoms with Gasteiger partial charge in [0.05, 0.1) is 17.0 Å². The number of hydrogen-bond donors (Lipinski definition) is 2. The minimum absolute atomic E-state index is 0.479. The van der Waals surface area contributed by atoms with Gasteiger partial charge in [-0.05, 0) is 55.3 Å². The summed E-state index contributed by atoms with van der Waals surface area (Å²) in [6, 6.07) is 10.8. The molecule has 214 valence electrons. The van der Waals surface area contributed by atoms with Crippen LogP contribution in [0.25, 0.3) is 16.9 Å². The number of aromatic nitrogens is 2. The molecule has 0 unspecified atom stereocenters. The number of alkyl halides is 3. The zero-order chi connectivity index (χ0) is 28.4. The number of unbranched alkanes of at least 4 members (excludes halogenated alkanes) is 3. The highest BCUT2D eigenvalue weighted by Crippen LogP contribution is 2.38. The largest absolute Gasteiger partial charge is 0.496 e. The van der Waals surface area contributed by atoms with Gasteiger partial charge in [0.2, 0.25) is 0 Å². The van der Waals surface area contributed by atoms with Crippen molar-refractivity contribution in [1.29, 1.82) is 0 Å². The van der Waals surface area contributed by atoms with Gasteiger partial charge in [-0.1, -0.05) is 57.0 Å². The Hall–Kier alpha value is -2.59. The van der Waals surface area contributed by atoms with Gasteiger partial charge in [-0.15, -0.1) is 11.8 Å². The van der Waals surface area contributed by atoms with Crippen LogP contribution in [0.4, 0.5) is 19.0 Å². The van der Waals surface area contributed by atoms with E-state index in [0.717, 1.165) is 34.2 Å². The second-order valence-corrected chi connectivity index (χ2v) is 11.0. The minimum atomic E-state index is -5.08. The molecule has 0 bridgehead atoms. The van der Waals surface area contributed by atoms with Crippen molar-refractivity contribution in [3.63, 3.8) is 0 Å². The summed E-state index contributed by atoms with van der Waals surface area (Å²) >= 11 is 8.23. The molecule has 2 heterocycles. The fourth-order valence-electron chi connectivity index (χ4n) is 4.45. The molecule has 2 aromatic heterocycles. The summed E-state index contributed by atoms with van der Waals surface area (Å²) in [5.41, 5.74) is 3.00. The molecule has 1 saturated carbocycles. The van der Waals surface area contributed by atoms with E-state index >= 15 is 0 Å². The van der Waals surface area contributed by atoms with Crippen LogP contribution < -0.4 is 10.1 Å². The Morgan fingerprint density at radius 3 is 2.54 bits per heavy atom. The number of ether oxygens (including phenoxy) is 1. The third-order valence-electron chi connectivity index (χ3n) is 6.46. The first kappa shape index (κ1) is 30.9. The molecule has 0 spiro atoms. The summed E-state index contributed by atoms with van der Waals surface area (Å²) in [4.78, 5) is 15.1. The Morgan fingerprint density at radius 1 is 1.18 bits per heavy atom. The van der Waals surface area contributed by atoms with E-state index in [9.17, 15) is 13.2 Å². The number of thioether (sulfide) groups is 1. The molecule has 6 nitrogen and oxygen atoms in total. The topological polar surface area (TPSA) is 75.9 Å². The van der Waals surface area contributed by atoms with E-state index in [0.29, 0.717) is 11.1 Å². The lowest BCUT2D eigenvalue weighted by molar-refractivity contribution is -0.192. The molecule has 11 heteroatoms. The monoisotopic (exact) mass is 585 g/mol. The molecule has 2 N–H and O–H groups in total. The van der Waals surface area contributed by atoms with Crippen molar-refractivity contribution < 1.29 is 27.8 Å². The van der Waals surface area contributed by atoms with Gasteiger partial charge in [-0.25, -0.2) is 9.78 Å². The smallest absolute Gasteiger partial charge is 0.490 e. The highest BCUT2D eigenvalue weighted by molar-refractivity contribution is 7.99. The van der Waals surface area contributed by atoms with Crippen LogP contribution in [0.5, 0.6) is 5.75 Å². The lowest BCUT2D eigenvalue weighted by Crippen LogP contribution is -2.23. The average molecular weight is 586 g/mol. The zero-order valence-electron chi connectivity index (χ0n) is 22.2. The molecule has 1 aliphatic carbocycles. The van der Waals surface area contributed by atoms with E-state index in [-0.39, 0.29) is 0 Å². The highest BCUT2D eigenvalue weighted by atomic mass is 35.5. The highest BCUT2D eigenvalue weighted by Gasteiger charge is 2.38. The normalized spacial score (nSPS) is 14.1. The van der Waals surface area contributed by atoms with Crippen molar-refractivity contribution in [2.24, 2.45) is 0 Å². The van der Waals surface area contributed by atoms with Crippen molar-refractivity contribution in [2.45, 2.75) is 81.8 Å². The Bertz CT molecular complexity index is 1230. The predicted octanol–water partition coefficient (Wildman–Crippen LogP) is 8.71. The maximum atomic E-state index is 10.6. The van der Waals surface area contributed by atoms with Crippen molar-refractivity contribution >= 4 is 40.8 Å². The molecule has 1 fully saturated rings. The molecular weight excluding hydrogens is 551 g/mol. The summed E-state index contributed by atoms with van der Waals surface area (Å²) in [6.07, 6.45) is 8.27. The van der Waals surface area contributed by atoms with Gasteiger partial charge in [0, 0.05) is 17.8 Å². The number of imidazole rings is 1. The van der Waals surface area contributed by atoms with Crippen molar-refractivity contribution in [2.75, 3.05) is 18.2 Å². The maximum absolute atomic E-state index is 10.6. The van der Waals surface area contributed by atoms with Crippen LogP contribution in [0, 0.1) is 0 Å². The number of carboxylic acids is 1. The number of anilines is 1. The lowest BCUT2D eigenvalue weighted by atomic mass is 9.95. The number of pyridine rings is 1. The maximum Gasteiger partial charge on any atom is 0.490 e. The Morgan fingerprint density at radius 2 is 1.90 bits per heavy atom. The first-order valence-corrected chi connectivity index (χ1v) is 14.6. The summed E-state index contributed by atoms with van der Waals surface area (Å²) in [5.74, 6) is 0.321. The Labute approximate surface area is 236 Å². The first-order valence-electron chi connectivity index (χ1n) is 13.2. The van der Waals surface area contributed by atoms with Crippen LogP contribution in [-0.2, 0) is 4.79 Å². The molecule has 0 radical (unpaired) electrons. The number of methoxy groups -OCH3 is 1. The average Bonchev–Trinajstić information content (AvgIpc) is 3.26. The first-order chi connectivity index (χ1) is 18.6. The van der Waals surface area contributed by atoms with Gasteiger partial charge in [0.25, 0.3) is 0 Å². The minimum Gasteiger partial charge on any atom is -0.496 e. The van der Waals surface area contributed by atoms with Gasteiger partial charge < -0.3 is 15.2 Å². The number of carboxylic acid groups (broad SMARTS) is 1. The van der Waals surface area contributed by atoms with Gasteiger partial charge in [0.15, 0.2) is 0 Å². The SMILES string of the molecule is CCCCCCSc1cc(-c2nc3ccc(Cl)cn3c2NC2CCCCC2)ccc1OC.O=C(O)C(F)(F)F. The molecule has 1 aliphatic rings. The number of nitrogens with one attached hydrogen (secondary N) is 1. The number of halogens is 4. The van der Waals surface area contributed by atoms with E-state index in [1.54, 1.807) is 7.11 Å². The fraction of sp³-hybridized carbons (Fsp3) is 0.500. The van der Waals surface area contributed by atoms with Crippen molar-refractivity contribution in [1.82, 2.24) is 9.38 Å². The molecule has 3 aromatic rings. The second kappa shape index (κ2) is 14.7. The fourth-order valence-corrected chi connectivity index (χ4v) is 5.68. The van der Waals surface area contributed by atoms with Gasteiger partial charge in [-0.3, -0.25) is 4.40 Å². The zero-order valence-corrected chi connectivity index (χ0v) is 23.8. The number of rotatable bonds is 10. The number of hydrogen-bond acceptors (Lipinski definition) is 5. The van der Waals surface area contributed by atoms with Crippen LogP contribution in [0.1, 0.15) is 64.7 Å². The standard InChI is InChI=1S/C26H34ClN3OS.C2HF3O2/c1-3-4-5-9-16-32-23-17-19(12-14-22(23)31-2)25-26(28-21-10-7-6-8-11-21)30-18-20(27)13-15-24(30)29-25;3-2(4,5)1(6)7/h12-15,17-18,21,28H,3-11,16H2,1-2H3;(H,6,7). The van der Waals surface area contributed by atoms with E-state index in [1.807, 2.05) is 30.1 Å². The molecule has 1 aromatic carbocycles. The van der Waals surface area contributed by atoms with Gasteiger partial charge in [-0.2, -0.15) is 13.2 Å². The van der Waals surface area contributed by atoms with E-state index in [2.05, 4.69) is 34.8 Å². The quantitative estimate of drug-likeness (QED) is 0.183. The molecular formula is C28H35ClF3N3O3S. The van der Waals surface area contributed by atoms with Crippen molar-refractivity contribution in [3.8, 4) is 17.0 Å². The van der Waals surface area contributed by atoms with E-state index in [4.69, 9.17) is 31.2 Å². The Kier molecular flexibility index (Phi) is 11.7. The molecule has 0 aliphatic heterocycles. The molecule has 0 saturated heterocycles. The second-order valence-electron chi connectivity index (χ2n) is 9.44. The van der Waals surface area contributed by atoms with E-state index in [1.165, 1.54) is 62.7 Å².